The predicted molar refractivity (Wildman–Crippen MR) is 62.5 cm³/mol. The minimum absolute atomic E-state index is 0.203. The van der Waals surface area contributed by atoms with Gasteiger partial charge in [-0.1, -0.05) is 19.3 Å². The summed E-state index contributed by atoms with van der Waals surface area (Å²) < 4.78 is 0. The van der Waals surface area contributed by atoms with Crippen molar-refractivity contribution in [1.82, 2.24) is 10.2 Å². The van der Waals surface area contributed by atoms with E-state index in [4.69, 9.17) is 5.11 Å². The van der Waals surface area contributed by atoms with Crippen LogP contribution in [-0.2, 0) is 4.79 Å². The van der Waals surface area contributed by atoms with E-state index in [9.17, 15) is 4.79 Å². The number of hydrogen-bond acceptors (Lipinski definition) is 3. The van der Waals surface area contributed by atoms with E-state index in [-0.39, 0.29) is 12.5 Å². The van der Waals surface area contributed by atoms with E-state index in [1.165, 1.54) is 32.1 Å². The molecule has 2 N–H and O–H groups in total. The summed E-state index contributed by atoms with van der Waals surface area (Å²) >= 11 is 0. The third-order valence-electron chi connectivity index (χ3n) is 3.85. The van der Waals surface area contributed by atoms with Gasteiger partial charge in [0.2, 0.25) is 0 Å². The molecule has 92 valence electrons. The van der Waals surface area contributed by atoms with Gasteiger partial charge >= 0.3 is 5.97 Å². The van der Waals surface area contributed by atoms with E-state index in [0.29, 0.717) is 6.04 Å². The molecule has 4 nitrogen and oxygen atoms in total. The Balaban J connectivity index is 1.94. The molecule has 0 bridgehead atoms. The molecule has 1 atom stereocenters. The zero-order chi connectivity index (χ0) is 11.4. The number of nitrogens with zero attached hydrogens (tertiary/aromatic N) is 1. The molecular weight excluding hydrogens is 204 g/mol. The van der Waals surface area contributed by atoms with Crippen molar-refractivity contribution in [2.24, 2.45) is 0 Å². The normalized spacial score (nSPS) is 29.1. The number of carboxylic acids is 1. The van der Waals surface area contributed by atoms with E-state index < -0.39 is 5.97 Å². The lowest BCUT2D eigenvalue weighted by Gasteiger charge is -2.42. The molecule has 4 heteroatoms. The Kier molecular flexibility index (Phi) is 4.18. The first-order valence-electron chi connectivity index (χ1n) is 6.45. The number of aliphatic carboxylic acids is 1. The molecule has 0 amide bonds. The number of carboxylic acid groups (broad SMARTS) is 1. The minimum Gasteiger partial charge on any atom is -0.481 e. The lowest BCUT2D eigenvalue weighted by Crippen LogP contribution is -2.56. The summed E-state index contributed by atoms with van der Waals surface area (Å²) in [6.07, 6.45) is 6.78. The molecule has 2 rings (SSSR count). The van der Waals surface area contributed by atoms with Gasteiger partial charge in [-0.15, -0.1) is 0 Å². The van der Waals surface area contributed by atoms with Crippen LogP contribution in [-0.4, -0.2) is 47.7 Å². The van der Waals surface area contributed by atoms with Crippen molar-refractivity contribution in [2.45, 2.75) is 50.6 Å². The van der Waals surface area contributed by atoms with Gasteiger partial charge in [-0.2, -0.15) is 0 Å². The number of rotatable bonds is 3. The Labute approximate surface area is 97.0 Å². The third-order valence-corrected chi connectivity index (χ3v) is 3.85. The molecule has 1 aliphatic carbocycles. The minimum atomic E-state index is -0.672. The topological polar surface area (TPSA) is 52.6 Å². The first kappa shape index (κ1) is 11.9. The Morgan fingerprint density at radius 3 is 2.75 bits per heavy atom. The molecule has 16 heavy (non-hydrogen) atoms. The standard InChI is InChI=1S/C12H22N2O2/c15-12(16)8-11-9-13-6-7-14(11)10-4-2-1-3-5-10/h10-11,13H,1-9H2,(H,15,16). The average molecular weight is 226 g/mol. The highest BCUT2D eigenvalue weighted by Crippen LogP contribution is 2.25. The van der Waals surface area contributed by atoms with Gasteiger partial charge in [-0.25, -0.2) is 0 Å². The third kappa shape index (κ3) is 2.95. The monoisotopic (exact) mass is 226 g/mol. The van der Waals surface area contributed by atoms with E-state index in [1.54, 1.807) is 0 Å². The van der Waals surface area contributed by atoms with Crippen molar-refractivity contribution in [3.05, 3.63) is 0 Å². The summed E-state index contributed by atoms with van der Waals surface area (Å²) in [6.45, 7) is 2.86. The predicted octanol–water partition coefficient (Wildman–Crippen LogP) is 1.07. The van der Waals surface area contributed by atoms with Crippen molar-refractivity contribution in [3.63, 3.8) is 0 Å². The van der Waals surface area contributed by atoms with Crippen LogP contribution in [0.3, 0.4) is 0 Å². The lowest BCUT2D eigenvalue weighted by atomic mass is 9.92. The van der Waals surface area contributed by atoms with E-state index >= 15 is 0 Å². The summed E-state index contributed by atoms with van der Waals surface area (Å²) in [5, 5.41) is 12.2. The van der Waals surface area contributed by atoms with Crippen LogP contribution in [0.4, 0.5) is 0 Å². The van der Waals surface area contributed by atoms with Crippen LogP contribution in [0.5, 0.6) is 0 Å². The molecule has 0 aromatic rings. The van der Waals surface area contributed by atoms with Crippen LogP contribution in [0.15, 0.2) is 0 Å². The van der Waals surface area contributed by atoms with Crippen molar-refractivity contribution in [2.75, 3.05) is 19.6 Å². The molecule has 0 spiro atoms. The summed E-state index contributed by atoms with van der Waals surface area (Å²) in [4.78, 5) is 13.3. The summed E-state index contributed by atoms with van der Waals surface area (Å²) in [6, 6.07) is 0.842. The quantitative estimate of drug-likeness (QED) is 0.756. The van der Waals surface area contributed by atoms with Crippen molar-refractivity contribution >= 4 is 5.97 Å². The van der Waals surface area contributed by atoms with Gasteiger partial charge < -0.3 is 10.4 Å². The zero-order valence-electron chi connectivity index (χ0n) is 9.82. The Morgan fingerprint density at radius 1 is 1.31 bits per heavy atom. The fourth-order valence-electron chi connectivity index (χ4n) is 3.06. The van der Waals surface area contributed by atoms with Gasteiger partial charge in [0, 0.05) is 31.7 Å². The number of carbonyl (C=O) groups is 1. The highest BCUT2D eigenvalue weighted by atomic mass is 16.4. The van der Waals surface area contributed by atoms with Crippen molar-refractivity contribution in [1.29, 1.82) is 0 Å². The van der Waals surface area contributed by atoms with E-state index in [2.05, 4.69) is 10.2 Å². The maximum atomic E-state index is 10.8. The van der Waals surface area contributed by atoms with Gasteiger partial charge in [0.1, 0.15) is 0 Å². The molecule has 1 saturated carbocycles. The Morgan fingerprint density at radius 2 is 2.06 bits per heavy atom. The van der Waals surface area contributed by atoms with Gasteiger partial charge in [0.05, 0.1) is 6.42 Å². The highest BCUT2D eigenvalue weighted by Gasteiger charge is 2.30. The maximum absolute atomic E-state index is 10.8. The van der Waals surface area contributed by atoms with Crippen molar-refractivity contribution in [3.8, 4) is 0 Å². The van der Waals surface area contributed by atoms with Gasteiger partial charge in [0.25, 0.3) is 0 Å². The lowest BCUT2D eigenvalue weighted by molar-refractivity contribution is -0.139. The highest BCUT2D eigenvalue weighted by molar-refractivity contribution is 5.67. The fraction of sp³-hybridized carbons (Fsp3) is 0.917. The first-order chi connectivity index (χ1) is 7.77. The molecule has 2 aliphatic rings. The van der Waals surface area contributed by atoms with Gasteiger partial charge in [-0.3, -0.25) is 9.69 Å². The smallest absolute Gasteiger partial charge is 0.304 e. The van der Waals surface area contributed by atoms with Gasteiger partial charge in [0.15, 0.2) is 0 Å². The summed E-state index contributed by atoms with van der Waals surface area (Å²) in [5.41, 5.74) is 0. The average Bonchev–Trinajstić information content (AvgIpc) is 2.30. The van der Waals surface area contributed by atoms with Crippen LogP contribution in [0.2, 0.25) is 0 Å². The summed E-state index contributed by atoms with van der Waals surface area (Å²) in [5.74, 6) is -0.672. The summed E-state index contributed by atoms with van der Waals surface area (Å²) in [7, 11) is 0. The van der Waals surface area contributed by atoms with Crippen LogP contribution in [0, 0.1) is 0 Å². The SMILES string of the molecule is O=C(O)CC1CNCCN1C1CCCCC1. The molecule has 1 aliphatic heterocycles. The number of hydrogen-bond donors (Lipinski definition) is 2. The second-order valence-electron chi connectivity index (χ2n) is 4.99. The van der Waals surface area contributed by atoms with Gasteiger partial charge in [-0.05, 0) is 12.8 Å². The van der Waals surface area contributed by atoms with Crippen LogP contribution in [0.25, 0.3) is 0 Å². The first-order valence-corrected chi connectivity index (χ1v) is 6.45. The second-order valence-corrected chi connectivity index (χ2v) is 4.99. The van der Waals surface area contributed by atoms with Crippen LogP contribution in [0.1, 0.15) is 38.5 Å². The molecule has 1 heterocycles. The van der Waals surface area contributed by atoms with E-state index in [0.717, 1.165) is 19.6 Å². The zero-order valence-corrected chi connectivity index (χ0v) is 9.82. The molecule has 0 aromatic carbocycles. The van der Waals surface area contributed by atoms with Crippen molar-refractivity contribution < 1.29 is 9.90 Å². The number of nitrogens with one attached hydrogen (secondary N) is 1. The van der Waals surface area contributed by atoms with E-state index in [1.807, 2.05) is 0 Å². The molecule has 0 aromatic heterocycles. The molecule has 0 radical (unpaired) electrons. The fourth-order valence-corrected chi connectivity index (χ4v) is 3.06. The Bertz CT molecular complexity index is 239. The number of piperazine rings is 1. The molecule has 2 fully saturated rings. The van der Waals surface area contributed by atoms with Crippen LogP contribution < -0.4 is 5.32 Å². The molecular formula is C12H22N2O2. The molecule has 1 unspecified atom stereocenters. The molecule has 1 saturated heterocycles. The maximum Gasteiger partial charge on any atom is 0.304 e. The largest absolute Gasteiger partial charge is 0.481 e. The van der Waals surface area contributed by atoms with Crippen LogP contribution >= 0.6 is 0 Å². The Hall–Kier alpha value is -0.610. The second kappa shape index (κ2) is 5.64.